The molecule has 9 N–H and O–H groups in total. The third kappa shape index (κ3) is 38.6. The van der Waals surface area contributed by atoms with Crippen molar-refractivity contribution in [3.05, 3.63) is 60.8 Å². The highest BCUT2D eigenvalue weighted by Gasteiger charge is 2.51. The van der Waals surface area contributed by atoms with Gasteiger partial charge < -0.3 is 65.1 Å². The number of hydrogen-bond donors (Lipinski definition) is 9. The lowest BCUT2D eigenvalue weighted by Gasteiger charge is -2.46. The second-order valence-corrected chi connectivity index (χ2v) is 23.9. The first-order chi connectivity index (χ1) is 40.6. The summed E-state index contributed by atoms with van der Waals surface area (Å²) in [6.07, 6.45) is 54.2. The van der Waals surface area contributed by atoms with Gasteiger partial charge in [0.05, 0.1) is 32.0 Å². The van der Waals surface area contributed by atoms with Gasteiger partial charge in [-0.05, 0) is 57.8 Å². The molecule has 0 aliphatic carbocycles. The fourth-order valence-corrected chi connectivity index (χ4v) is 11.1. The quantitative estimate of drug-likeness (QED) is 0.0204. The van der Waals surface area contributed by atoms with Crippen LogP contribution in [0.5, 0.6) is 0 Å². The van der Waals surface area contributed by atoms with E-state index >= 15 is 0 Å². The van der Waals surface area contributed by atoms with Crippen LogP contribution in [0.3, 0.4) is 0 Å². The number of carbonyl (C=O) groups excluding carboxylic acids is 1. The maximum absolute atomic E-state index is 13.3. The molecular formula is C69H125NO13. The highest BCUT2D eigenvalue weighted by Crippen LogP contribution is 2.30. The third-order valence-electron chi connectivity index (χ3n) is 16.5. The van der Waals surface area contributed by atoms with Gasteiger partial charge in [0, 0.05) is 6.42 Å². The molecule has 0 aromatic carbocycles. The number of unbranched alkanes of at least 4 members (excludes halogenated alkanes) is 32. The third-order valence-corrected chi connectivity index (χ3v) is 16.5. The van der Waals surface area contributed by atoms with E-state index in [1.807, 2.05) is 0 Å². The number of ether oxygens (including phenoxy) is 4. The monoisotopic (exact) mass is 1180 g/mol. The summed E-state index contributed by atoms with van der Waals surface area (Å²) < 4.78 is 22.8. The first kappa shape index (κ1) is 76.8. The normalized spacial score (nSPS) is 24.2. The molecule has 0 aromatic rings. The molecule has 2 fully saturated rings. The Morgan fingerprint density at radius 3 is 1.28 bits per heavy atom. The number of carbonyl (C=O) groups is 1. The molecule has 0 aromatic heterocycles. The van der Waals surface area contributed by atoms with Crippen LogP contribution in [0.25, 0.3) is 0 Å². The second kappa shape index (κ2) is 53.9. The molecule has 12 unspecified atom stereocenters. The fraction of sp³-hybridized carbons (Fsp3) is 0.841. The number of nitrogens with one attached hydrogen (secondary N) is 1. The van der Waals surface area contributed by atoms with Crippen molar-refractivity contribution in [1.82, 2.24) is 5.32 Å². The molecule has 0 saturated carbocycles. The average Bonchev–Trinajstić information content (AvgIpc) is 3.47. The van der Waals surface area contributed by atoms with Crippen molar-refractivity contribution >= 4 is 5.91 Å². The standard InChI is InChI=1S/C69H125NO13/c1-3-5-7-9-11-13-15-16-17-18-19-20-21-22-23-24-25-26-27-28-29-30-31-32-33-34-35-36-37-38-39-40-41-42-43-45-47-49-51-53-61(74)70-57(58(73)52-50-48-46-44-14-12-10-8-6-4-2)56-80-68-66(79)64(77)67(60(55-72)82-68)83-69-65(78)63(76)62(75)59(54-71)81-69/h5,7,11,13,16-17,19-20,22-23,57-60,62-69,71-73,75-79H,3-4,6,8-10,12,14-15,18,21,24-56H2,1-2H3,(H,70,74)/b7-5-,13-11-,17-16-,20-19-,23-22-. The van der Waals surface area contributed by atoms with Crippen LogP contribution >= 0.6 is 0 Å². The molecular weight excluding hydrogens is 1050 g/mol. The van der Waals surface area contributed by atoms with E-state index in [9.17, 15) is 45.6 Å². The number of aliphatic hydroxyl groups excluding tert-OH is 8. The molecule has 2 rings (SSSR count). The van der Waals surface area contributed by atoms with Crippen LogP contribution in [0.4, 0.5) is 0 Å². The van der Waals surface area contributed by atoms with Gasteiger partial charge in [-0.2, -0.15) is 0 Å². The van der Waals surface area contributed by atoms with Gasteiger partial charge in [0.2, 0.25) is 5.91 Å². The van der Waals surface area contributed by atoms with Gasteiger partial charge in [-0.15, -0.1) is 0 Å². The van der Waals surface area contributed by atoms with Gasteiger partial charge >= 0.3 is 0 Å². The van der Waals surface area contributed by atoms with Crippen LogP contribution in [0.1, 0.15) is 277 Å². The van der Waals surface area contributed by atoms with Crippen molar-refractivity contribution in [1.29, 1.82) is 0 Å². The number of aliphatic hydroxyl groups is 8. The van der Waals surface area contributed by atoms with Gasteiger partial charge in [-0.3, -0.25) is 4.79 Å². The molecule has 0 bridgehead atoms. The molecule has 0 spiro atoms. The largest absolute Gasteiger partial charge is 0.394 e. The van der Waals surface area contributed by atoms with Gasteiger partial charge in [-0.25, -0.2) is 0 Å². The molecule has 2 aliphatic rings. The lowest BCUT2D eigenvalue weighted by Crippen LogP contribution is -2.65. The molecule has 2 saturated heterocycles. The summed E-state index contributed by atoms with van der Waals surface area (Å²) >= 11 is 0. The molecule has 484 valence electrons. The SMILES string of the molecule is CC/C=C\C/C=C\C/C=C\C/C=C\C/C=C\CCCCCCCCCCCCCCCCCCCCCCCCCC(=O)NC(COC1OC(CO)C(OC2OC(CO)C(O)C(O)C2O)C(O)C1O)C(O)CCCCCCCCCCCC. The molecule has 2 heterocycles. The molecule has 12 atom stereocenters. The maximum atomic E-state index is 13.3. The minimum absolute atomic E-state index is 0.205. The van der Waals surface area contributed by atoms with Crippen LogP contribution in [0, 0.1) is 0 Å². The van der Waals surface area contributed by atoms with Crippen molar-refractivity contribution in [3.8, 4) is 0 Å². The predicted octanol–water partition coefficient (Wildman–Crippen LogP) is 13.3. The Morgan fingerprint density at radius 1 is 0.446 bits per heavy atom. The van der Waals surface area contributed by atoms with Crippen molar-refractivity contribution in [2.75, 3.05) is 19.8 Å². The number of rotatable bonds is 55. The summed E-state index contributed by atoms with van der Waals surface area (Å²) in [5.41, 5.74) is 0. The Kier molecular flexibility index (Phi) is 49.9. The predicted molar refractivity (Wildman–Crippen MR) is 337 cm³/mol. The molecule has 83 heavy (non-hydrogen) atoms. The summed E-state index contributed by atoms with van der Waals surface area (Å²) in [4.78, 5) is 13.3. The van der Waals surface area contributed by atoms with Crippen LogP contribution in [-0.2, 0) is 23.7 Å². The maximum Gasteiger partial charge on any atom is 0.220 e. The first-order valence-corrected chi connectivity index (χ1v) is 34.0. The smallest absolute Gasteiger partial charge is 0.220 e. The van der Waals surface area contributed by atoms with Gasteiger partial charge in [0.1, 0.15) is 48.8 Å². The van der Waals surface area contributed by atoms with E-state index in [0.717, 1.165) is 83.5 Å². The highest BCUT2D eigenvalue weighted by molar-refractivity contribution is 5.76. The van der Waals surface area contributed by atoms with E-state index in [1.54, 1.807) is 0 Å². The Bertz CT molecular complexity index is 1620. The summed E-state index contributed by atoms with van der Waals surface area (Å²) in [6.45, 7) is 2.74. The summed E-state index contributed by atoms with van der Waals surface area (Å²) in [6, 6.07) is -0.826. The Balaban J connectivity index is 1.52. The lowest BCUT2D eigenvalue weighted by molar-refractivity contribution is -0.359. The number of amides is 1. The zero-order valence-corrected chi connectivity index (χ0v) is 52.4. The van der Waals surface area contributed by atoms with E-state index in [-0.39, 0.29) is 12.5 Å². The summed E-state index contributed by atoms with van der Waals surface area (Å²) in [7, 11) is 0. The molecule has 0 radical (unpaired) electrons. The van der Waals surface area contributed by atoms with Crippen molar-refractivity contribution < 1.29 is 64.6 Å². The van der Waals surface area contributed by atoms with Crippen LogP contribution in [-0.4, -0.2) is 140 Å². The Labute approximate surface area is 505 Å². The van der Waals surface area contributed by atoms with E-state index < -0.39 is 86.8 Å². The summed E-state index contributed by atoms with van der Waals surface area (Å²) in [5.74, 6) is -0.205. The van der Waals surface area contributed by atoms with Crippen molar-refractivity contribution in [2.24, 2.45) is 0 Å². The minimum atomic E-state index is -1.78. The van der Waals surface area contributed by atoms with Gasteiger partial charge in [-0.1, -0.05) is 274 Å². The highest BCUT2D eigenvalue weighted by atomic mass is 16.7. The average molecular weight is 1180 g/mol. The number of allylic oxidation sites excluding steroid dienone is 10. The topological polar surface area (TPSA) is 228 Å². The molecule has 1 amide bonds. The Hall–Kier alpha value is -2.31. The molecule has 2 aliphatic heterocycles. The summed E-state index contributed by atoms with van der Waals surface area (Å²) in [5, 5.41) is 87.2. The van der Waals surface area contributed by atoms with E-state index in [1.165, 1.54) is 167 Å². The van der Waals surface area contributed by atoms with Crippen molar-refractivity contribution in [3.63, 3.8) is 0 Å². The van der Waals surface area contributed by atoms with E-state index in [2.05, 4.69) is 79.9 Å². The molecule has 14 nitrogen and oxygen atoms in total. The molecule has 14 heteroatoms. The second-order valence-electron chi connectivity index (χ2n) is 23.9. The zero-order chi connectivity index (χ0) is 60.2. The van der Waals surface area contributed by atoms with E-state index in [4.69, 9.17) is 18.9 Å². The van der Waals surface area contributed by atoms with Gasteiger partial charge in [0.15, 0.2) is 12.6 Å². The van der Waals surface area contributed by atoms with Crippen LogP contribution < -0.4 is 5.32 Å². The lowest BCUT2D eigenvalue weighted by atomic mass is 9.97. The zero-order valence-electron chi connectivity index (χ0n) is 52.4. The number of hydrogen-bond acceptors (Lipinski definition) is 13. The fourth-order valence-electron chi connectivity index (χ4n) is 11.1. The van der Waals surface area contributed by atoms with E-state index in [0.29, 0.717) is 12.8 Å². The Morgan fingerprint density at radius 2 is 0.831 bits per heavy atom. The van der Waals surface area contributed by atoms with Crippen LogP contribution in [0.2, 0.25) is 0 Å². The minimum Gasteiger partial charge on any atom is -0.394 e. The van der Waals surface area contributed by atoms with Crippen molar-refractivity contribution in [2.45, 2.75) is 351 Å². The van der Waals surface area contributed by atoms with Gasteiger partial charge in [0.25, 0.3) is 0 Å². The van der Waals surface area contributed by atoms with Crippen LogP contribution in [0.15, 0.2) is 60.8 Å². The first-order valence-electron chi connectivity index (χ1n) is 34.0.